The first kappa shape index (κ1) is 14.5. The lowest BCUT2D eigenvalue weighted by Gasteiger charge is -2.49. The molecule has 1 unspecified atom stereocenters. The van der Waals surface area contributed by atoms with Gasteiger partial charge in [0.1, 0.15) is 0 Å². The Kier molecular flexibility index (Phi) is 3.76. The van der Waals surface area contributed by atoms with Gasteiger partial charge in [-0.3, -0.25) is 14.9 Å². The summed E-state index contributed by atoms with van der Waals surface area (Å²) in [7, 11) is 0. The van der Waals surface area contributed by atoms with Crippen LogP contribution in [0, 0.1) is 22.7 Å². The van der Waals surface area contributed by atoms with Gasteiger partial charge in [-0.2, -0.15) is 0 Å². The van der Waals surface area contributed by atoms with Gasteiger partial charge in [0.05, 0.1) is 0 Å². The Bertz CT molecular complexity index is 373. The second-order valence-corrected chi connectivity index (χ2v) is 7.55. The maximum Gasteiger partial charge on any atom is 0.230 e. The molecule has 1 saturated carbocycles. The maximum absolute atomic E-state index is 12.1. The number of carbonyl (C=O) groups excluding carboxylic acids is 2. The minimum atomic E-state index is -0.0658. The Morgan fingerprint density at radius 3 is 2.26 bits per heavy atom. The summed E-state index contributed by atoms with van der Waals surface area (Å²) >= 11 is 0. The van der Waals surface area contributed by atoms with Crippen LogP contribution in [0.15, 0.2) is 0 Å². The average Bonchev–Trinajstić information content (AvgIpc) is 2.27. The Morgan fingerprint density at radius 2 is 1.79 bits per heavy atom. The number of rotatable bonds is 1. The lowest BCUT2D eigenvalue weighted by Crippen LogP contribution is -2.53. The molecule has 1 heterocycles. The third kappa shape index (κ3) is 2.70. The van der Waals surface area contributed by atoms with Gasteiger partial charge in [0, 0.05) is 12.3 Å². The molecule has 2 rings (SSSR count). The molecule has 3 nitrogen and oxygen atoms in total. The summed E-state index contributed by atoms with van der Waals surface area (Å²) in [6.45, 7) is 8.96. The molecule has 0 bridgehead atoms. The van der Waals surface area contributed by atoms with E-state index in [0.29, 0.717) is 11.8 Å². The fourth-order valence-corrected chi connectivity index (χ4v) is 4.19. The number of amides is 2. The largest absolute Gasteiger partial charge is 0.296 e. The van der Waals surface area contributed by atoms with Crippen molar-refractivity contribution in [2.24, 2.45) is 22.7 Å². The molecular weight excluding hydrogens is 238 g/mol. The van der Waals surface area contributed by atoms with E-state index in [2.05, 4.69) is 33.0 Å². The smallest absolute Gasteiger partial charge is 0.230 e. The van der Waals surface area contributed by atoms with E-state index >= 15 is 0 Å². The number of carbonyl (C=O) groups is 2. The highest BCUT2D eigenvalue weighted by Crippen LogP contribution is 2.52. The van der Waals surface area contributed by atoms with Gasteiger partial charge in [-0.15, -0.1) is 0 Å². The van der Waals surface area contributed by atoms with Crippen LogP contribution in [0.5, 0.6) is 0 Å². The lowest BCUT2D eigenvalue weighted by atomic mass is 9.57. The fourth-order valence-electron chi connectivity index (χ4n) is 4.19. The van der Waals surface area contributed by atoms with Crippen molar-refractivity contribution < 1.29 is 9.59 Å². The zero-order valence-electron chi connectivity index (χ0n) is 12.7. The minimum absolute atomic E-state index is 0.0334. The highest BCUT2D eigenvalue weighted by Gasteiger charge is 2.49. The van der Waals surface area contributed by atoms with Crippen molar-refractivity contribution >= 4 is 11.8 Å². The Morgan fingerprint density at radius 1 is 1.21 bits per heavy atom. The van der Waals surface area contributed by atoms with E-state index in [9.17, 15) is 9.59 Å². The lowest BCUT2D eigenvalue weighted by molar-refractivity contribution is -0.146. The Balaban J connectivity index is 2.15. The highest BCUT2D eigenvalue weighted by molar-refractivity contribution is 5.99. The van der Waals surface area contributed by atoms with Crippen LogP contribution in [0.3, 0.4) is 0 Å². The second-order valence-electron chi connectivity index (χ2n) is 7.55. The predicted octanol–water partition coefficient (Wildman–Crippen LogP) is 3.28. The van der Waals surface area contributed by atoms with E-state index in [1.165, 1.54) is 0 Å². The standard InChI is InChI=1S/C16H27NO2/c1-5-12-14(19)17-13(18)10-16(12)8-6-11(7-9-16)15(2,3)4/h11-12H,5-10H2,1-4H3,(H,17,18,19). The van der Waals surface area contributed by atoms with Crippen molar-refractivity contribution in [3.8, 4) is 0 Å². The van der Waals surface area contributed by atoms with Crippen molar-refractivity contribution in [2.45, 2.75) is 66.2 Å². The molecule has 0 aromatic heterocycles. The van der Waals surface area contributed by atoms with E-state index in [1.807, 2.05) is 0 Å². The van der Waals surface area contributed by atoms with Crippen LogP contribution in [0.1, 0.15) is 66.2 Å². The van der Waals surface area contributed by atoms with Gasteiger partial charge in [-0.05, 0) is 48.9 Å². The first-order chi connectivity index (χ1) is 8.78. The molecule has 3 heteroatoms. The van der Waals surface area contributed by atoms with Crippen LogP contribution in [0.4, 0.5) is 0 Å². The summed E-state index contributed by atoms with van der Waals surface area (Å²) in [6.07, 6.45) is 5.77. The third-order valence-corrected chi connectivity index (χ3v) is 5.45. The monoisotopic (exact) mass is 265 g/mol. The maximum atomic E-state index is 12.1. The van der Waals surface area contributed by atoms with Crippen molar-refractivity contribution in [1.82, 2.24) is 5.32 Å². The SMILES string of the molecule is CCC1C(=O)NC(=O)CC12CCC(C(C)(C)C)CC2. The van der Waals surface area contributed by atoms with Crippen molar-refractivity contribution in [3.05, 3.63) is 0 Å². The van der Waals surface area contributed by atoms with Crippen molar-refractivity contribution in [3.63, 3.8) is 0 Å². The number of piperidine rings is 1. The molecule has 19 heavy (non-hydrogen) atoms. The fraction of sp³-hybridized carbons (Fsp3) is 0.875. The Labute approximate surface area is 116 Å². The normalized spacial score (nSPS) is 36.4. The minimum Gasteiger partial charge on any atom is -0.296 e. The number of imide groups is 1. The van der Waals surface area contributed by atoms with Crippen LogP contribution in [0.2, 0.25) is 0 Å². The van der Waals surface area contributed by atoms with Crippen LogP contribution >= 0.6 is 0 Å². The molecule has 1 atom stereocenters. The van der Waals surface area contributed by atoms with E-state index < -0.39 is 0 Å². The Hall–Kier alpha value is -0.860. The average molecular weight is 265 g/mol. The van der Waals surface area contributed by atoms with Gasteiger partial charge in [0.2, 0.25) is 11.8 Å². The van der Waals surface area contributed by atoms with Crippen molar-refractivity contribution in [1.29, 1.82) is 0 Å². The molecule has 0 aromatic rings. The number of nitrogens with one attached hydrogen (secondary N) is 1. The molecule has 2 fully saturated rings. The highest BCUT2D eigenvalue weighted by atomic mass is 16.2. The van der Waals surface area contributed by atoms with Crippen LogP contribution in [-0.2, 0) is 9.59 Å². The summed E-state index contributed by atoms with van der Waals surface area (Å²) in [4.78, 5) is 23.8. The molecule has 1 saturated heterocycles. The molecule has 108 valence electrons. The molecule has 1 aliphatic carbocycles. The first-order valence-electron chi connectivity index (χ1n) is 7.62. The molecule has 1 aliphatic heterocycles. The molecule has 0 radical (unpaired) electrons. The van der Waals surface area contributed by atoms with Crippen LogP contribution in [-0.4, -0.2) is 11.8 Å². The summed E-state index contributed by atoms with van der Waals surface area (Å²) < 4.78 is 0. The van der Waals surface area contributed by atoms with Gasteiger partial charge < -0.3 is 0 Å². The van der Waals surface area contributed by atoms with Gasteiger partial charge in [0.15, 0.2) is 0 Å². The van der Waals surface area contributed by atoms with Crippen LogP contribution < -0.4 is 5.32 Å². The summed E-state index contributed by atoms with van der Waals surface area (Å²) in [5, 5.41) is 2.52. The van der Waals surface area contributed by atoms with Gasteiger partial charge in [0.25, 0.3) is 0 Å². The second kappa shape index (κ2) is 4.92. The summed E-state index contributed by atoms with van der Waals surface area (Å²) in [5.74, 6) is 0.652. The van der Waals surface area contributed by atoms with Gasteiger partial charge in [-0.25, -0.2) is 0 Å². The molecule has 2 aliphatic rings. The summed E-state index contributed by atoms with van der Waals surface area (Å²) in [6, 6.07) is 0. The van der Waals surface area contributed by atoms with Gasteiger partial charge >= 0.3 is 0 Å². The van der Waals surface area contributed by atoms with Crippen molar-refractivity contribution in [2.75, 3.05) is 0 Å². The summed E-state index contributed by atoms with van der Waals surface area (Å²) in [5.41, 5.74) is 0.292. The van der Waals surface area contributed by atoms with E-state index in [0.717, 1.165) is 38.0 Å². The van der Waals surface area contributed by atoms with E-state index in [-0.39, 0.29) is 23.1 Å². The zero-order chi connectivity index (χ0) is 14.3. The van der Waals surface area contributed by atoms with Crippen LogP contribution in [0.25, 0.3) is 0 Å². The number of hydrogen-bond acceptors (Lipinski definition) is 2. The molecule has 2 amide bonds. The molecule has 1 N–H and O–H groups in total. The molecular formula is C16H27NO2. The topological polar surface area (TPSA) is 46.2 Å². The number of hydrogen-bond donors (Lipinski definition) is 1. The quantitative estimate of drug-likeness (QED) is 0.740. The van der Waals surface area contributed by atoms with E-state index in [4.69, 9.17) is 0 Å². The van der Waals surface area contributed by atoms with E-state index in [1.54, 1.807) is 0 Å². The predicted molar refractivity (Wildman–Crippen MR) is 75.4 cm³/mol. The zero-order valence-corrected chi connectivity index (χ0v) is 12.7. The molecule has 1 spiro atoms. The molecule has 0 aromatic carbocycles. The third-order valence-electron chi connectivity index (χ3n) is 5.45. The van der Waals surface area contributed by atoms with Gasteiger partial charge in [-0.1, -0.05) is 27.7 Å². The first-order valence-corrected chi connectivity index (χ1v) is 7.62.